The highest BCUT2D eigenvalue weighted by molar-refractivity contribution is 7.83. The molecule has 0 aliphatic heterocycles. The third-order valence-corrected chi connectivity index (χ3v) is 6.09. The first-order chi connectivity index (χ1) is 14.1. The fourth-order valence-electron chi connectivity index (χ4n) is 3.04. The lowest BCUT2D eigenvalue weighted by Crippen LogP contribution is -2.27. The van der Waals surface area contributed by atoms with Gasteiger partial charge in [-0.15, -0.1) is 0 Å². The molecule has 4 nitrogen and oxygen atoms in total. The minimum absolute atomic E-state index is 0.258. The van der Waals surface area contributed by atoms with Crippen LogP contribution >= 0.6 is 0 Å². The fourth-order valence-corrected chi connectivity index (χ4v) is 4.32. The number of nitrogens with one attached hydrogen (secondary N) is 1. The molecule has 30 heavy (non-hydrogen) atoms. The highest BCUT2D eigenvalue weighted by Gasteiger charge is 2.30. The molecule has 0 saturated carbocycles. The molecule has 2 rings (SSSR count). The van der Waals surface area contributed by atoms with Crippen LogP contribution in [-0.4, -0.2) is 24.2 Å². The van der Waals surface area contributed by atoms with Crippen LogP contribution in [0.5, 0.6) is 11.5 Å². The van der Waals surface area contributed by atoms with Crippen molar-refractivity contribution in [1.82, 2.24) is 4.72 Å². The lowest BCUT2D eigenvalue weighted by Gasteiger charge is -2.21. The van der Waals surface area contributed by atoms with Crippen molar-refractivity contribution >= 4 is 11.0 Å². The van der Waals surface area contributed by atoms with Gasteiger partial charge in [0.05, 0.1) is 30.8 Å². The summed E-state index contributed by atoms with van der Waals surface area (Å²) < 4.78 is 64.6. The molecule has 0 saturated heterocycles. The van der Waals surface area contributed by atoms with E-state index in [0.29, 0.717) is 30.1 Å². The van der Waals surface area contributed by atoms with Gasteiger partial charge in [-0.3, -0.25) is 0 Å². The molecule has 1 N–H and O–H groups in total. The van der Waals surface area contributed by atoms with Gasteiger partial charge in [0.25, 0.3) is 0 Å². The number of alkyl halides is 3. The van der Waals surface area contributed by atoms with E-state index in [1.807, 2.05) is 26.0 Å². The number of methoxy groups -OCH3 is 2. The molecular formula is C22H28F3NO3S. The first kappa shape index (κ1) is 24.2. The van der Waals surface area contributed by atoms with Crippen molar-refractivity contribution in [2.24, 2.45) is 5.92 Å². The van der Waals surface area contributed by atoms with E-state index in [1.54, 1.807) is 20.3 Å². The number of benzene rings is 2. The maximum atomic E-state index is 12.8. The van der Waals surface area contributed by atoms with E-state index in [4.69, 9.17) is 9.47 Å². The minimum Gasteiger partial charge on any atom is -0.493 e. The summed E-state index contributed by atoms with van der Waals surface area (Å²) in [5, 5.41) is 0. The zero-order valence-electron chi connectivity index (χ0n) is 17.6. The van der Waals surface area contributed by atoms with E-state index >= 15 is 0 Å². The van der Waals surface area contributed by atoms with Gasteiger partial charge >= 0.3 is 6.18 Å². The average Bonchev–Trinajstić information content (AvgIpc) is 2.69. The zero-order chi connectivity index (χ0) is 22.3. The molecule has 2 atom stereocenters. The number of aryl methyl sites for hydroxylation is 1. The van der Waals surface area contributed by atoms with Crippen LogP contribution in [0.2, 0.25) is 0 Å². The molecule has 0 aliphatic carbocycles. The van der Waals surface area contributed by atoms with Gasteiger partial charge in [0.15, 0.2) is 11.5 Å². The predicted octanol–water partition coefficient (Wildman–Crippen LogP) is 5.31. The molecule has 166 valence electrons. The summed E-state index contributed by atoms with van der Waals surface area (Å²) in [6, 6.07) is 10.4. The van der Waals surface area contributed by atoms with Crippen molar-refractivity contribution < 1.29 is 26.9 Å². The van der Waals surface area contributed by atoms with Gasteiger partial charge in [-0.2, -0.15) is 13.2 Å². The van der Waals surface area contributed by atoms with Crippen molar-refractivity contribution in [3.05, 3.63) is 59.2 Å². The molecule has 8 heteroatoms. The minimum atomic E-state index is -4.35. The van der Waals surface area contributed by atoms with Crippen molar-refractivity contribution in [2.45, 2.75) is 38.9 Å². The number of halogens is 3. The van der Waals surface area contributed by atoms with Crippen LogP contribution in [0.1, 0.15) is 43.0 Å². The van der Waals surface area contributed by atoms with Crippen LogP contribution in [0, 0.1) is 5.92 Å². The Morgan fingerprint density at radius 1 is 1.00 bits per heavy atom. The topological polar surface area (TPSA) is 47.6 Å². The highest BCUT2D eigenvalue weighted by atomic mass is 32.2. The van der Waals surface area contributed by atoms with Crippen molar-refractivity contribution in [3.63, 3.8) is 0 Å². The molecule has 2 unspecified atom stereocenters. The Morgan fingerprint density at radius 2 is 1.63 bits per heavy atom. The third kappa shape index (κ3) is 7.02. The molecule has 0 bridgehead atoms. The summed E-state index contributed by atoms with van der Waals surface area (Å²) in [6.07, 6.45) is -3.26. The van der Waals surface area contributed by atoms with E-state index in [1.165, 1.54) is 12.1 Å². The molecule has 0 fully saturated rings. The van der Waals surface area contributed by atoms with Crippen LogP contribution < -0.4 is 14.2 Å². The fraction of sp³-hybridized carbons (Fsp3) is 0.455. The Bertz CT molecular complexity index is 839. The lowest BCUT2D eigenvalue weighted by atomic mass is 9.98. The molecule has 0 aromatic heterocycles. The van der Waals surface area contributed by atoms with Crippen molar-refractivity contribution in [2.75, 3.05) is 20.0 Å². The largest absolute Gasteiger partial charge is 0.493 e. The number of ether oxygens (including phenoxy) is 2. The maximum Gasteiger partial charge on any atom is 0.416 e. The Hall–Kier alpha value is -2.06. The van der Waals surface area contributed by atoms with Gasteiger partial charge in [0.2, 0.25) is 0 Å². The monoisotopic (exact) mass is 443 g/mol. The number of hydrogen-bond donors (Lipinski definition) is 1. The van der Waals surface area contributed by atoms with Gasteiger partial charge in [0.1, 0.15) is 0 Å². The SMILES string of the molecule is COc1ccc(C(CCc2ccc(C(F)(F)F)cc2)NS(=O)CC(C)C)cc1OC. The first-order valence-electron chi connectivity index (χ1n) is 9.66. The maximum absolute atomic E-state index is 12.8. The second-order valence-corrected chi connectivity index (χ2v) is 8.68. The Labute approximate surface area is 178 Å². The van der Waals surface area contributed by atoms with Crippen LogP contribution in [0.15, 0.2) is 42.5 Å². The van der Waals surface area contributed by atoms with Gasteiger partial charge in [-0.05, 0) is 54.2 Å². The van der Waals surface area contributed by atoms with Gasteiger partial charge in [0, 0.05) is 11.8 Å². The molecule has 2 aromatic rings. The second kappa shape index (κ2) is 10.8. The van der Waals surface area contributed by atoms with E-state index in [-0.39, 0.29) is 12.0 Å². The van der Waals surface area contributed by atoms with E-state index in [2.05, 4.69) is 4.72 Å². The van der Waals surface area contributed by atoms with Crippen LogP contribution in [0.3, 0.4) is 0 Å². The van der Waals surface area contributed by atoms with Crippen LogP contribution in [0.25, 0.3) is 0 Å². The zero-order valence-corrected chi connectivity index (χ0v) is 18.4. The molecule has 0 amide bonds. The standard InChI is InChI=1S/C22H28F3NO3S/c1-15(2)14-30(27)26-19(17-8-12-20(28-3)21(13-17)29-4)11-7-16-5-9-18(10-6-16)22(23,24)25/h5-6,8-10,12-13,15,19,26H,7,11,14H2,1-4H3. The summed E-state index contributed by atoms with van der Waals surface area (Å²) >= 11 is 0. The summed E-state index contributed by atoms with van der Waals surface area (Å²) in [5.74, 6) is 1.92. The van der Waals surface area contributed by atoms with Crippen molar-refractivity contribution in [1.29, 1.82) is 0 Å². The van der Waals surface area contributed by atoms with Crippen LogP contribution in [-0.2, 0) is 23.6 Å². The summed E-state index contributed by atoms with van der Waals surface area (Å²) in [4.78, 5) is 0. The number of hydrogen-bond acceptors (Lipinski definition) is 3. The average molecular weight is 444 g/mol. The van der Waals surface area contributed by atoms with Crippen molar-refractivity contribution in [3.8, 4) is 11.5 Å². The molecule has 0 heterocycles. The summed E-state index contributed by atoms with van der Waals surface area (Å²) in [6.45, 7) is 3.99. The summed E-state index contributed by atoms with van der Waals surface area (Å²) in [7, 11) is 1.86. The molecule has 0 radical (unpaired) electrons. The molecular weight excluding hydrogens is 415 g/mol. The quantitative estimate of drug-likeness (QED) is 0.542. The van der Waals surface area contributed by atoms with Crippen LogP contribution in [0.4, 0.5) is 13.2 Å². The van der Waals surface area contributed by atoms with Gasteiger partial charge in [-0.25, -0.2) is 8.93 Å². The molecule has 0 spiro atoms. The normalized spacial score (nSPS) is 13.9. The Morgan fingerprint density at radius 3 is 2.17 bits per heavy atom. The Balaban J connectivity index is 2.20. The van der Waals surface area contributed by atoms with E-state index < -0.39 is 22.7 Å². The second-order valence-electron chi connectivity index (χ2n) is 7.42. The smallest absolute Gasteiger partial charge is 0.416 e. The lowest BCUT2D eigenvalue weighted by molar-refractivity contribution is -0.137. The van der Waals surface area contributed by atoms with E-state index in [9.17, 15) is 17.4 Å². The van der Waals surface area contributed by atoms with Gasteiger partial charge < -0.3 is 9.47 Å². The van der Waals surface area contributed by atoms with Gasteiger partial charge in [-0.1, -0.05) is 32.0 Å². The predicted molar refractivity (Wildman–Crippen MR) is 113 cm³/mol. The first-order valence-corrected chi connectivity index (χ1v) is 11.0. The molecule has 2 aromatic carbocycles. The Kier molecular flexibility index (Phi) is 8.73. The number of rotatable bonds is 10. The van der Waals surface area contributed by atoms with E-state index in [0.717, 1.165) is 23.3 Å². The molecule has 0 aliphatic rings. The highest BCUT2D eigenvalue weighted by Crippen LogP contribution is 2.32. The summed E-state index contributed by atoms with van der Waals surface area (Å²) in [5.41, 5.74) is 0.987. The third-order valence-electron chi connectivity index (χ3n) is 4.57.